The smallest absolute Gasteiger partial charge is 0.139 e. The minimum Gasteiger partial charge on any atom is -0.320 e. The molecule has 0 aromatic carbocycles. The van der Waals surface area contributed by atoms with E-state index in [1.54, 1.807) is 0 Å². The van der Waals surface area contributed by atoms with Crippen molar-refractivity contribution in [3.05, 3.63) is 0 Å². The van der Waals surface area contributed by atoms with Crippen LogP contribution in [0.15, 0.2) is 0 Å². The Kier molecular flexibility index (Phi) is 2.58. The van der Waals surface area contributed by atoms with Crippen LogP contribution in [0.5, 0.6) is 0 Å². The van der Waals surface area contributed by atoms with Gasteiger partial charge >= 0.3 is 0 Å². The fourth-order valence-electron chi connectivity index (χ4n) is 0.0364. The summed E-state index contributed by atoms with van der Waals surface area (Å²) < 4.78 is 11.0. The van der Waals surface area contributed by atoms with Crippen molar-refractivity contribution in [3.8, 4) is 0 Å². The summed E-state index contributed by atoms with van der Waals surface area (Å²) in [5, 5.41) is 0. The maximum absolute atomic E-state index is 11.0. The highest BCUT2D eigenvalue weighted by molar-refractivity contribution is 5.56. The monoisotopic (exact) mass is 91.0 g/mol. The zero-order valence-electron chi connectivity index (χ0n) is 3.23. The summed E-state index contributed by atoms with van der Waals surface area (Å²) in [5.74, 6) is 0. The number of carbonyl (C=O) groups excluding carboxylic acids is 1. The van der Waals surface area contributed by atoms with E-state index in [2.05, 4.69) is 0 Å². The number of alkyl halides is 1. The average Bonchev–Trinajstić information content (AvgIpc) is 1.65. The molecule has 0 saturated heterocycles. The van der Waals surface area contributed by atoms with Gasteiger partial charge in [-0.05, 0) is 0 Å². The molecule has 0 saturated carbocycles. The molecule has 36 valence electrons. The molecule has 0 aliphatic carbocycles. The lowest BCUT2D eigenvalue weighted by atomic mass is 10.4. The number of aldehydes is 1. The molecule has 3 heteroatoms. The normalized spacial score (nSPS) is 13.7. The van der Waals surface area contributed by atoms with E-state index in [4.69, 9.17) is 5.73 Å². The van der Waals surface area contributed by atoms with Crippen molar-refractivity contribution < 1.29 is 9.18 Å². The molecule has 0 aliphatic rings. The van der Waals surface area contributed by atoms with Crippen LogP contribution in [-0.2, 0) is 4.79 Å². The standard InChI is InChI=1S/C3H6FNO/c4-1-3(5)2-6/h2-3H,1,5H2/t3-/m0/s1. The molecule has 2 N–H and O–H groups in total. The van der Waals surface area contributed by atoms with E-state index in [0.717, 1.165) is 0 Å². The summed E-state index contributed by atoms with van der Waals surface area (Å²) in [4.78, 5) is 9.37. The molecule has 0 radical (unpaired) electrons. The fraction of sp³-hybridized carbons (Fsp3) is 0.667. The van der Waals surface area contributed by atoms with Gasteiger partial charge in [0.25, 0.3) is 0 Å². The van der Waals surface area contributed by atoms with Gasteiger partial charge in [0.1, 0.15) is 13.0 Å². The highest BCUT2D eigenvalue weighted by Gasteiger charge is 1.92. The second-order valence-corrected chi connectivity index (χ2v) is 0.954. The lowest BCUT2D eigenvalue weighted by Crippen LogP contribution is -2.23. The predicted molar refractivity (Wildman–Crippen MR) is 20.0 cm³/mol. The van der Waals surface area contributed by atoms with Crippen LogP contribution >= 0.6 is 0 Å². The van der Waals surface area contributed by atoms with Crippen molar-refractivity contribution in [3.63, 3.8) is 0 Å². The molecular formula is C3H6FNO. The maximum Gasteiger partial charge on any atom is 0.139 e. The minimum atomic E-state index is -0.912. The van der Waals surface area contributed by atoms with Crippen LogP contribution in [0, 0.1) is 0 Å². The topological polar surface area (TPSA) is 43.1 Å². The molecule has 0 heterocycles. The molecule has 0 rings (SSSR count). The number of rotatable bonds is 2. The highest BCUT2D eigenvalue weighted by atomic mass is 19.1. The van der Waals surface area contributed by atoms with Crippen molar-refractivity contribution >= 4 is 6.29 Å². The number of carbonyl (C=O) groups is 1. The van der Waals surface area contributed by atoms with Gasteiger partial charge in [-0.2, -0.15) is 0 Å². The first-order valence-corrected chi connectivity index (χ1v) is 1.58. The zero-order valence-corrected chi connectivity index (χ0v) is 3.23. The summed E-state index contributed by atoms with van der Waals surface area (Å²) in [6, 6.07) is -0.912. The van der Waals surface area contributed by atoms with E-state index in [1.807, 2.05) is 0 Å². The Bertz CT molecular complexity index is 48.1. The number of hydrogen-bond donors (Lipinski definition) is 1. The van der Waals surface area contributed by atoms with Gasteiger partial charge in [-0.25, -0.2) is 4.39 Å². The molecule has 0 unspecified atom stereocenters. The molecule has 1 atom stereocenters. The molecule has 6 heavy (non-hydrogen) atoms. The SMILES string of the molecule is N[C@H](C=O)CF. The summed E-state index contributed by atoms with van der Waals surface area (Å²) in [7, 11) is 0. The molecule has 0 spiro atoms. The van der Waals surface area contributed by atoms with Crippen LogP contribution in [0.2, 0.25) is 0 Å². The van der Waals surface area contributed by atoms with Crippen LogP contribution in [0.4, 0.5) is 4.39 Å². The first kappa shape index (κ1) is 5.56. The predicted octanol–water partition coefficient (Wildman–Crippen LogP) is -0.518. The largest absolute Gasteiger partial charge is 0.320 e. The molecule has 0 amide bonds. The number of halogens is 1. The van der Waals surface area contributed by atoms with E-state index in [9.17, 15) is 9.18 Å². The molecule has 0 bridgehead atoms. The Labute approximate surface area is 35.1 Å². The van der Waals surface area contributed by atoms with Crippen LogP contribution in [0.3, 0.4) is 0 Å². The van der Waals surface area contributed by atoms with E-state index in [-0.39, 0.29) is 0 Å². The third-order valence-corrected chi connectivity index (χ3v) is 0.353. The molecule has 0 aliphatic heterocycles. The summed E-state index contributed by atoms with van der Waals surface area (Å²) in [6.45, 7) is -0.760. The van der Waals surface area contributed by atoms with Gasteiger partial charge in [0.15, 0.2) is 0 Å². The maximum atomic E-state index is 11.0. The van der Waals surface area contributed by atoms with Gasteiger partial charge in [0.05, 0.1) is 6.04 Å². The molecule has 0 aromatic rings. The van der Waals surface area contributed by atoms with Crippen LogP contribution < -0.4 is 5.73 Å². The summed E-state index contributed by atoms with van der Waals surface area (Å²) in [5.41, 5.74) is 4.73. The van der Waals surface area contributed by atoms with Crippen molar-refractivity contribution in [2.75, 3.05) is 6.67 Å². The van der Waals surface area contributed by atoms with E-state index in [0.29, 0.717) is 6.29 Å². The zero-order chi connectivity index (χ0) is 4.99. The molecular weight excluding hydrogens is 85.0 g/mol. The highest BCUT2D eigenvalue weighted by Crippen LogP contribution is 1.68. The molecule has 0 fully saturated rings. The molecule has 0 aromatic heterocycles. The Morgan fingerprint density at radius 1 is 2.00 bits per heavy atom. The summed E-state index contributed by atoms with van der Waals surface area (Å²) >= 11 is 0. The third kappa shape index (κ3) is 1.84. The lowest BCUT2D eigenvalue weighted by molar-refractivity contribution is -0.109. The fourth-order valence-corrected chi connectivity index (χ4v) is 0.0364. The first-order valence-electron chi connectivity index (χ1n) is 1.58. The average molecular weight is 91.1 g/mol. The Morgan fingerprint density at radius 2 is 2.50 bits per heavy atom. The quantitative estimate of drug-likeness (QED) is 0.465. The Hall–Kier alpha value is -0.440. The van der Waals surface area contributed by atoms with Gasteiger partial charge in [0.2, 0.25) is 0 Å². The van der Waals surface area contributed by atoms with E-state index < -0.39 is 12.7 Å². The minimum absolute atomic E-state index is 0.375. The van der Waals surface area contributed by atoms with Gasteiger partial charge < -0.3 is 10.5 Å². The van der Waals surface area contributed by atoms with Gasteiger partial charge in [-0.1, -0.05) is 0 Å². The number of hydrogen-bond acceptors (Lipinski definition) is 2. The van der Waals surface area contributed by atoms with E-state index in [1.165, 1.54) is 0 Å². The van der Waals surface area contributed by atoms with Crippen molar-refractivity contribution in [1.29, 1.82) is 0 Å². The number of nitrogens with two attached hydrogens (primary N) is 1. The second-order valence-electron chi connectivity index (χ2n) is 0.954. The van der Waals surface area contributed by atoms with Crippen LogP contribution in [-0.4, -0.2) is 19.0 Å². The first-order chi connectivity index (χ1) is 2.81. The molecule has 2 nitrogen and oxygen atoms in total. The van der Waals surface area contributed by atoms with Crippen LogP contribution in [0.25, 0.3) is 0 Å². The van der Waals surface area contributed by atoms with Gasteiger partial charge in [0, 0.05) is 0 Å². The Balaban J connectivity index is 2.96. The van der Waals surface area contributed by atoms with E-state index >= 15 is 0 Å². The van der Waals surface area contributed by atoms with Gasteiger partial charge in [-0.3, -0.25) is 0 Å². The van der Waals surface area contributed by atoms with Crippen LogP contribution in [0.1, 0.15) is 0 Å². The second kappa shape index (κ2) is 2.78. The lowest BCUT2D eigenvalue weighted by Gasteiger charge is -1.87. The van der Waals surface area contributed by atoms with Crippen molar-refractivity contribution in [1.82, 2.24) is 0 Å². The van der Waals surface area contributed by atoms with Crippen molar-refractivity contribution in [2.45, 2.75) is 6.04 Å². The Morgan fingerprint density at radius 3 is 2.50 bits per heavy atom. The van der Waals surface area contributed by atoms with Crippen molar-refractivity contribution in [2.24, 2.45) is 5.73 Å². The van der Waals surface area contributed by atoms with Gasteiger partial charge in [-0.15, -0.1) is 0 Å². The summed E-state index contributed by atoms with van der Waals surface area (Å²) in [6.07, 6.45) is 0.375. The third-order valence-electron chi connectivity index (χ3n) is 0.353.